The molecule has 11 heteroatoms. The molecule has 1 saturated heterocycles. The smallest absolute Gasteiger partial charge is 0.418 e. The summed E-state index contributed by atoms with van der Waals surface area (Å²) in [7, 11) is 0. The average Bonchev–Trinajstić information content (AvgIpc) is 3.10. The van der Waals surface area contributed by atoms with Crippen LogP contribution in [0.25, 0.3) is 5.69 Å². The monoisotopic (exact) mass is 370 g/mol. The molecule has 1 N–H and O–H groups in total. The average molecular weight is 370 g/mol. The maximum atomic E-state index is 13.1. The molecule has 26 heavy (non-hydrogen) atoms. The molecule has 3 rings (SSSR count). The number of halogens is 3. The standard InChI is InChI=1S/C15H13F3N4O4/c16-15(17,18)9-3-1-2-4-11(9)22-7-10(19-20-22)13(23)21-5-6-26-12(8-21)14(24)25/h1-4,7,12H,5-6,8H2,(H,24,25)/t12-/m1/s1. The summed E-state index contributed by atoms with van der Waals surface area (Å²) in [6.45, 7) is 0.00251. The second kappa shape index (κ2) is 6.75. The van der Waals surface area contributed by atoms with E-state index in [1.807, 2.05) is 0 Å². The van der Waals surface area contributed by atoms with E-state index in [4.69, 9.17) is 9.84 Å². The molecule has 0 radical (unpaired) electrons. The highest BCUT2D eigenvalue weighted by atomic mass is 19.4. The minimum absolute atomic E-state index is 0.0355. The minimum Gasteiger partial charge on any atom is -0.479 e. The van der Waals surface area contributed by atoms with Gasteiger partial charge in [-0.1, -0.05) is 17.3 Å². The number of morpholine rings is 1. The highest BCUT2D eigenvalue weighted by Crippen LogP contribution is 2.33. The van der Waals surface area contributed by atoms with Gasteiger partial charge < -0.3 is 14.7 Å². The Labute approximate surface area is 144 Å². The van der Waals surface area contributed by atoms with Gasteiger partial charge in [-0.2, -0.15) is 13.2 Å². The maximum Gasteiger partial charge on any atom is 0.418 e. The largest absolute Gasteiger partial charge is 0.479 e. The Morgan fingerprint density at radius 1 is 1.27 bits per heavy atom. The number of benzene rings is 1. The number of amides is 1. The van der Waals surface area contributed by atoms with Crippen molar-refractivity contribution in [3.05, 3.63) is 41.7 Å². The number of rotatable bonds is 3. The summed E-state index contributed by atoms with van der Waals surface area (Å²) >= 11 is 0. The summed E-state index contributed by atoms with van der Waals surface area (Å²) in [6, 6.07) is 4.77. The van der Waals surface area contributed by atoms with Crippen molar-refractivity contribution in [2.45, 2.75) is 12.3 Å². The summed E-state index contributed by atoms with van der Waals surface area (Å²) in [5.41, 5.74) is -1.37. The zero-order valence-corrected chi connectivity index (χ0v) is 13.2. The molecule has 1 aliphatic heterocycles. The van der Waals surface area contributed by atoms with Gasteiger partial charge in [-0.3, -0.25) is 4.79 Å². The van der Waals surface area contributed by atoms with Crippen LogP contribution in [0.5, 0.6) is 0 Å². The lowest BCUT2D eigenvalue weighted by atomic mass is 10.1. The number of aromatic nitrogens is 3. The summed E-state index contributed by atoms with van der Waals surface area (Å²) < 4.78 is 45.2. The first-order valence-corrected chi connectivity index (χ1v) is 7.50. The summed E-state index contributed by atoms with van der Waals surface area (Å²) in [5, 5.41) is 16.2. The fraction of sp³-hybridized carbons (Fsp3) is 0.333. The van der Waals surface area contributed by atoms with Crippen LogP contribution in [0.15, 0.2) is 30.5 Å². The third kappa shape index (κ3) is 3.52. The number of hydrogen-bond donors (Lipinski definition) is 1. The normalized spacial score (nSPS) is 18.0. The highest BCUT2D eigenvalue weighted by molar-refractivity contribution is 5.92. The summed E-state index contributed by atoms with van der Waals surface area (Å²) in [6.07, 6.45) is -4.67. The van der Waals surface area contributed by atoms with Crippen molar-refractivity contribution >= 4 is 11.9 Å². The topological polar surface area (TPSA) is 97.6 Å². The molecule has 0 spiro atoms. The van der Waals surface area contributed by atoms with E-state index in [-0.39, 0.29) is 31.1 Å². The van der Waals surface area contributed by atoms with Crippen LogP contribution in [0, 0.1) is 0 Å². The van der Waals surface area contributed by atoms with E-state index in [9.17, 15) is 22.8 Å². The highest BCUT2D eigenvalue weighted by Gasteiger charge is 2.35. The Balaban J connectivity index is 1.85. The molecule has 0 saturated carbocycles. The van der Waals surface area contributed by atoms with Gasteiger partial charge in [-0.05, 0) is 12.1 Å². The van der Waals surface area contributed by atoms with Gasteiger partial charge in [0.1, 0.15) is 0 Å². The molecular weight excluding hydrogens is 357 g/mol. The van der Waals surface area contributed by atoms with E-state index in [0.29, 0.717) is 0 Å². The van der Waals surface area contributed by atoms with Gasteiger partial charge in [0.2, 0.25) is 0 Å². The van der Waals surface area contributed by atoms with Crippen molar-refractivity contribution in [3.63, 3.8) is 0 Å². The van der Waals surface area contributed by atoms with Crippen molar-refractivity contribution < 1.29 is 32.6 Å². The van der Waals surface area contributed by atoms with E-state index < -0.39 is 29.7 Å². The lowest BCUT2D eigenvalue weighted by Crippen LogP contribution is -2.48. The van der Waals surface area contributed by atoms with Crippen molar-refractivity contribution in [1.82, 2.24) is 19.9 Å². The van der Waals surface area contributed by atoms with E-state index >= 15 is 0 Å². The number of nitrogens with zero attached hydrogens (tertiary/aromatic N) is 4. The van der Waals surface area contributed by atoms with Gasteiger partial charge in [-0.25, -0.2) is 9.48 Å². The Hall–Kier alpha value is -2.95. The van der Waals surface area contributed by atoms with Gasteiger partial charge in [0.25, 0.3) is 5.91 Å². The third-order valence-electron chi connectivity index (χ3n) is 3.80. The number of alkyl halides is 3. The van der Waals surface area contributed by atoms with Crippen LogP contribution in [0.2, 0.25) is 0 Å². The number of ether oxygens (including phenoxy) is 1. The van der Waals surface area contributed by atoms with Crippen LogP contribution in [-0.2, 0) is 15.7 Å². The number of carbonyl (C=O) groups is 2. The van der Waals surface area contributed by atoms with Crippen molar-refractivity contribution in [2.75, 3.05) is 19.7 Å². The number of carboxylic acids is 1. The Kier molecular flexibility index (Phi) is 4.64. The van der Waals surface area contributed by atoms with Gasteiger partial charge >= 0.3 is 12.1 Å². The molecule has 1 aromatic carbocycles. The first-order chi connectivity index (χ1) is 12.3. The predicted molar refractivity (Wildman–Crippen MR) is 79.6 cm³/mol. The molecule has 0 aliphatic carbocycles. The molecule has 2 aromatic rings. The molecule has 1 atom stereocenters. The van der Waals surface area contributed by atoms with Gasteiger partial charge in [0.05, 0.1) is 30.6 Å². The molecule has 1 fully saturated rings. The van der Waals surface area contributed by atoms with Gasteiger partial charge in [0.15, 0.2) is 11.8 Å². The van der Waals surface area contributed by atoms with E-state index in [0.717, 1.165) is 16.9 Å². The molecule has 0 bridgehead atoms. The van der Waals surface area contributed by atoms with Crippen molar-refractivity contribution in [1.29, 1.82) is 0 Å². The van der Waals surface area contributed by atoms with E-state index in [1.54, 1.807) is 0 Å². The van der Waals surface area contributed by atoms with Crippen LogP contribution in [0.1, 0.15) is 16.1 Å². The van der Waals surface area contributed by atoms with Crippen LogP contribution in [0.3, 0.4) is 0 Å². The second-order valence-corrected chi connectivity index (χ2v) is 5.51. The van der Waals surface area contributed by atoms with Crippen molar-refractivity contribution in [2.24, 2.45) is 0 Å². The summed E-state index contributed by atoms with van der Waals surface area (Å²) in [5.74, 6) is -1.83. The Morgan fingerprint density at radius 2 is 2.00 bits per heavy atom. The van der Waals surface area contributed by atoms with Crippen LogP contribution < -0.4 is 0 Å². The number of carboxylic acid groups (broad SMARTS) is 1. The molecule has 1 amide bonds. The molecular formula is C15H13F3N4O4. The molecule has 138 valence electrons. The van der Waals surface area contributed by atoms with Crippen molar-refractivity contribution in [3.8, 4) is 5.69 Å². The fourth-order valence-corrected chi connectivity index (χ4v) is 2.54. The van der Waals surface area contributed by atoms with E-state index in [1.165, 1.54) is 23.1 Å². The maximum absolute atomic E-state index is 13.1. The first-order valence-electron chi connectivity index (χ1n) is 7.50. The second-order valence-electron chi connectivity index (χ2n) is 5.51. The lowest BCUT2D eigenvalue weighted by Gasteiger charge is -2.30. The minimum atomic E-state index is -4.59. The first kappa shape index (κ1) is 17.9. The number of aliphatic carboxylic acids is 1. The number of carbonyl (C=O) groups excluding carboxylic acids is 1. The Morgan fingerprint density at radius 3 is 2.69 bits per heavy atom. The summed E-state index contributed by atoms with van der Waals surface area (Å²) in [4.78, 5) is 24.6. The van der Waals surface area contributed by atoms with Gasteiger partial charge in [-0.15, -0.1) is 5.10 Å². The molecule has 1 aliphatic rings. The molecule has 8 nitrogen and oxygen atoms in total. The zero-order valence-electron chi connectivity index (χ0n) is 13.2. The quantitative estimate of drug-likeness (QED) is 0.872. The Bertz CT molecular complexity index is 836. The van der Waals surface area contributed by atoms with Gasteiger partial charge in [0, 0.05) is 6.54 Å². The van der Waals surface area contributed by atoms with E-state index in [2.05, 4.69) is 10.3 Å². The lowest BCUT2D eigenvalue weighted by molar-refractivity contribution is -0.154. The number of hydrogen-bond acceptors (Lipinski definition) is 5. The fourth-order valence-electron chi connectivity index (χ4n) is 2.54. The molecule has 1 aromatic heterocycles. The molecule has 0 unspecified atom stereocenters. The van der Waals surface area contributed by atoms with Crippen LogP contribution >= 0.6 is 0 Å². The number of para-hydroxylation sites is 1. The van der Waals surface area contributed by atoms with Crippen LogP contribution in [0.4, 0.5) is 13.2 Å². The van der Waals surface area contributed by atoms with Crippen LogP contribution in [-0.4, -0.2) is 62.7 Å². The third-order valence-corrected chi connectivity index (χ3v) is 3.80. The molecule has 2 heterocycles. The zero-order chi connectivity index (χ0) is 18.9. The SMILES string of the molecule is O=C(O)[C@H]1CN(C(=O)c2cn(-c3ccccc3C(F)(F)F)nn2)CCO1. The predicted octanol–water partition coefficient (Wildman–Crippen LogP) is 1.21.